The van der Waals surface area contributed by atoms with Crippen molar-refractivity contribution in [3.63, 3.8) is 0 Å². The van der Waals surface area contributed by atoms with Crippen molar-refractivity contribution in [1.82, 2.24) is 14.8 Å². The van der Waals surface area contributed by atoms with E-state index >= 15 is 0 Å². The van der Waals surface area contributed by atoms with Gasteiger partial charge in [-0.3, -0.25) is 0 Å². The lowest BCUT2D eigenvalue weighted by atomic mass is 10.4. The Hall–Kier alpha value is -1.80. The van der Waals surface area contributed by atoms with Crippen LogP contribution in [-0.2, 0) is 12.3 Å². The van der Waals surface area contributed by atoms with Crippen LogP contribution in [0.5, 0.6) is 0 Å². The van der Waals surface area contributed by atoms with Gasteiger partial charge in [0.1, 0.15) is 11.6 Å². The van der Waals surface area contributed by atoms with Gasteiger partial charge in [-0.1, -0.05) is 11.8 Å². The summed E-state index contributed by atoms with van der Waals surface area (Å²) in [7, 11) is 0. The van der Waals surface area contributed by atoms with Crippen molar-refractivity contribution in [3.8, 4) is 0 Å². The van der Waals surface area contributed by atoms with Crippen molar-refractivity contribution in [2.75, 3.05) is 0 Å². The third-order valence-electron chi connectivity index (χ3n) is 3.05. The molecule has 1 fully saturated rings. The predicted molar refractivity (Wildman–Crippen MR) is 71.4 cm³/mol. The third kappa shape index (κ3) is 2.56. The molecule has 7 nitrogen and oxygen atoms in total. The van der Waals surface area contributed by atoms with Crippen molar-refractivity contribution in [2.24, 2.45) is 5.73 Å². The molecule has 0 amide bonds. The maximum atomic E-state index is 10.7. The molecule has 0 unspecified atom stereocenters. The van der Waals surface area contributed by atoms with Crippen molar-refractivity contribution in [1.29, 1.82) is 0 Å². The lowest BCUT2D eigenvalue weighted by Gasteiger charge is -2.06. The third-order valence-corrected chi connectivity index (χ3v) is 4.01. The molecule has 2 aromatic rings. The zero-order valence-electron chi connectivity index (χ0n) is 10.7. The molecular formula is C12H14N4O3S. The van der Waals surface area contributed by atoms with Crippen molar-refractivity contribution in [2.45, 2.75) is 36.3 Å². The first-order valence-corrected chi connectivity index (χ1v) is 7.26. The summed E-state index contributed by atoms with van der Waals surface area (Å²) in [5.74, 6) is 0.801. The quantitative estimate of drug-likeness (QED) is 0.780. The summed E-state index contributed by atoms with van der Waals surface area (Å²) in [5.41, 5.74) is 5.66. The molecule has 0 bridgehead atoms. The molecule has 106 valence electrons. The van der Waals surface area contributed by atoms with E-state index in [-0.39, 0.29) is 5.76 Å². The van der Waals surface area contributed by atoms with Crippen LogP contribution in [-0.4, -0.2) is 25.8 Å². The summed E-state index contributed by atoms with van der Waals surface area (Å²) < 4.78 is 7.29. The van der Waals surface area contributed by atoms with Crippen LogP contribution in [0.1, 0.15) is 41.0 Å². The molecule has 8 heteroatoms. The van der Waals surface area contributed by atoms with Gasteiger partial charge < -0.3 is 19.8 Å². The maximum absolute atomic E-state index is 10.7. The van der Waals surface area contributed by atoms with Crippen LogP contribution in [0.15, 0.2) is 21.7 Å². The Bertz CT molecular complexity index is 632. The van der Waals surface area contributed by atoms with Crippen LogP contribution in [0.25, 0.3) is 0 Å². The second-order valence-electron chi connectivity index (χ2n) is 4.56. The fourth-order valence-corrected chi connectivity index (χ4v) is 2.87. The topological polar surface area (TPSA) is 107 Å². The van der Waals surface area contributed by atoms with Gasteiger partial charge in [0.2, 0.25) is 5.76 Å². The maximum Gasteiger partial charge on any atom is 0.371 e. The summed E-state index contributed by atoms with van der Waals surface area (Å²) in [5, 5.41) is 17.8. The van der Waals surface area contributed by atoms with Gasteiger partial charge in [-0.2, -0.15) is 0 Å². The number of aromatic carboxylic acids is 1. The minimum absolute atomic E-state index is 0.0492. The predicted octanol–water partition coefficient (Wildman–Crippen LogP) is 1.66. The van der Waals surface area contributed by atoms with Gasteiger partial charge in [0.05, 0.1) is 12.3 Å². The molecule has 20 heavy (non-hydrogen) atoms. The highest BCUT2D eigenvalue weighted by atomic mass is 32.2. The number of nitrogens with zero attached hydrogens (tertiary/aromatic N) is 3. The lowest BCUT2D eigenvalue weighted by molar-refractivity contribution is 0.0661. The number of rotatable bonds is 6. The number of carbonyl (C=O) groups is 1. The van der Waals surface area contributed by atoms with E-state index < -0.39 is 5.97 Å². The summed E-state index contributed by atoms with van der Waals surface area (Å²) in [6, 6.07) is 3.57. The molecule has 0 atom stereocenters. The summed E-state index contributed by atoms with van der Waals surface area (Å²) in [4.78, 5) is 10.7. The Balaban J connectivity index is 1.71. The van der Waals surface area contributed by atoms with E-state index in [0.29, 0.717) is 24.1 Å². The largest absolute Gasteiger partial charge is 0.475 e. The Kier molecular flexibility index (Phi) is 3.49. The van der Waals surface area contributed by atoms with Crippen LogP contribution in [0, 0.1) is 0 Å². The number of furan rings is 1. The fraction of sp³-hybridized carbons (Fsp3) is 0.417. The molecule has 2 heterocycles. The molecule has 0 spiro atoms. The monoisotopic (exact) mass is 294 g/mol. The Labute approximate surface area is 119 Å². The number of hydrogen-bond donors (Lipinski definition) is 2. The summed E-state index contributed by atoms with van der Waals surface area (Å²) >= 11 is 1.48. The number of hydrogen-bond acceptors (Lipinski definition) is 6. The van der Waals surface area contributed by atoms with Crippen molar-refractivity contribution >= 4 is 17.7 Å². The number of aromatic nitrogens is 3. The average Bonchev–Trinajstić information content (AvgIpc) is 3.02. The van der Waals surface area contributed by atoms with E-state index in [2.05, 4.69) is 14.8 Å². The van der Waals surface area contributed by atoms with E-state index in [1.807, 2.05) is 0 Å². The first kappa shape index (κ1) is 13.2. The molecule has 2 aromatic heterocycles. The van der Waals surface area contributed by atoms with Gasteiger partial charge in [0.15, 0.2) is 5.16 Å². The zero-order chi connectivity index (χ0) is 14.1. The Morgan fingerprint density at radius 1 is 1.50 bits per heavy atom. The Morgan fingerprint density at radius 2 is 2.30 bits per heavy atom. The summed E-state index contributed by atoms with van der Waals surface area (Å²) in [6.45, 7) is 0.369. The van der Waals surface area contributed by atoms with E-state index in [1.165, 1.54) is 17.8 Å². The van der Waals surface area contributed by atoms with Gasteiger partial charge >= 0.3 is 5.97 Å². The van der Waals surface area contributed by atoms with Gasteiger partial charge in [-0.05, 0) is 25.0 Å². The van der Waals surface area contributed by atoms with Gasteiger partial charge in [-0.25, -0.2) is 4.79 Å². The molecule has 3 N–H and O–H groups in total. The molecular weight excluding hydrogens is 280 g/mol. The first-order chi connectivity index (χ1) is 9.69. The number of carboxylic acids is 1. The van der Waals surface area contributed by atoms with Gasteiger partial charge in [0.25, 0.3) is 0 Å². The first-order valence-electron chi connectivity index (χ1n) is 6.27. The standard InChI is InChI=1S/C12H14N4O3S/c13-5-10-14-15-12(16(10)7-1-2-7)20-6-8-3-4-9(19-8)11(17)18/h3-4,7H,1-2,5-6,13H2,(H,17,18). The smallest absolute Gasteiger partial charge is 0.371 e. The van der Waals surface area contributed by atoms with Crippen LogP contribution >= 0.6 is 11.8 Å². The highest BCUT2D eigenvalue weighted by Gasteiger charge is 2.29. The summed E-state index contributed by atoms with van der Waals surface area (Å²) in [6.07, 6.45) is 2.25. The second kappa shape index (κ2) is 5.29. The molecule has 0 radical (unpaired) electrons. The van der Waals surface area contributed by atoms with Gasteiger partial charge in [-0.15, -0.1) is 10.2 Å². The molecule has 0 aromatic carbocycles. The van der Waals surface area contributed by atoms with E-state index in [4.69, 9.17) is 15.3 Å². The molecule has 0 aliphatic heterocycles. The highest BCUT2D eigenvalue weighted by molar-refractivity contribution is 7.98. The van der Waals surface area contributed by atoms with E-state index in [1.54, 1.807) is 6.07 Å². The van der Waals surface area contributed by atoms with Crippen LogP contribution in [0.3, 0.4) is 0 Å². The molecule has 1 saturated carbocycles. The highest BCUT2D eigenvalue weighted by Crippen LogP contribution is 2.39. The molecule has 3 rings (SSSR count). The SMILES string of the molecule is NCc1nnc(SCc2ccc(C(=O)O)o2)n1C1CC1. The van der Waals surface area contributed by atoms with Crippen LogP contribution in [0.2, 0.25) is 0 Å². The average molecular weight is 294 g/mol. The van der Waals surface area contributed by atoms with Gasteiger partial charge in [0, 0.05) is 6.04 Å². The van der Waals surface area contributed by atoms with E-state index in [0.717, 1.165) is 23.8 Å². The van der Waals surface area contributed by atoms with Crippen LogP contribution in [0.4, 0.5) is 0 Å². The van der Waals surface area contributed by atoms with Crippen molar-refractivity contribution in [3.05, 3.63) is 29.5 Å². The minimum atomic E-state index is -1.06. The molecule has 1 aliphatic rings. The lowest BCUT2D eigenvalue weighted by Crippen LogP contribution is -2.07. The number of nitrogens with two attached hydrogens (primary N) is 1. The van der Waals surface area contributed by atoms with Crippen LogP contribution < -0.4 is 5.73 Å². The Morgan fingerprint density at radius 3 is 2.90 bits per heavy atom. The normalized spacial score (nSPS) is 14.7. The van der Waals surface area contributed by atoms with E-state index in [9.17, 15) is 4.79 Å². The number of thioether (sulfide) groups is 1. The minimum Gasteiger partial charge on any atom is -0.475 e. The zero-order valence-corrected chi connectivity index (χ0v) is 11.5. The van der Waals surface area contributed by atoms with Crippen molar-refractivity contribution < 1.29 is 14.3 Å². The number of carboxylic acid groups (broad SMARTS) is 1. The molecule has 0 saturated heterocycles. The second-order valence-corrected chi connectivity index (χ2v) is 5.51. The molecule has 1 aliphatic carbocycles. The fourth-order valence-electron chi connectivity index (χ4n) is 1.95.